The number of carbonyl (C=O) groups is 1. The summed E-state index contributed by atoms with van der Waals surface area (Å²) in [5.74, 6) is 0.421. The Balaban J connectivity index is 2.05. The second-order valence-electron chi connectivity index (χ2n) is 3.83. The molecule has 3 N–H and O–H groups in total. The molecular weight excluding hydrogens is 180 g/mol. The topological polar surface area (TPSA) is 72.9 Å². The first-order chi connectivity index (χ1) is 6.62. The maximum absolute atomic E-state index is 11.7. The molecule has 0 spiro atoms. The molecule has 1 aliphatic rings. The molecule has 2 rings (SSSR count). The van der Waals surface area contributed by atoms with Gasteiger partial charge in [-0.2, -0.15) is 0 Å². The van der Waals surface area contributed by atoms with Gasteiger partial charge in [0.05, 0.1) is 5.54 Å². The van der Waals surface area contributed by atoms with Crippen LogP contribution in [-0.4, -0.2) is 21.0 Å². The Morgan fingerprint density at radius 2 is 2.43 bits per heavy atom. The minimum Gasteiger partial charge on any atom is -0.320 e. The Bertz CT molecular complexity index is 353. The van der Waals surface area contributed by atoms with E-state index in [0.29, 0.717) is 5.95 Å². The fraction of sp³-hybridized carbons (Fsp3) is 0.556. The van der Waals surface area contributed by atoms with Crippen molar-refractivity contribution in [3.05, 3.63) is 12.4 Å². The van der Waals surface area contributed by atoms with E-state index in [4.69, 9.17) is 5.73 Å². The highest BCUT2D eigenvalue weighted by Gasteiger charge is 2.40. The summed E-state index contributed by atoms with van der Waals surface area (Å²) < 4.78 is 1.75. The van der Waals surface area contributed by atoms with Crippen LogP contribution in [-0.2, 0) is 11.8 Å². The number of anilines is 1. The quantitative estimate of drug-likeness (QED) is 0.708. The van der Waals surface area contributed by atoms with E-state index in [1.807, 2.05) is 7.05 Å². The molecule has 0 unspecified atom stereocenters. The standard InChI is InChI=1S/C9H14N4O/c1-13-6-5-11-8(13)12-7(14)9(10)3-2-4-9/h5-6H,2-4,10H2,1H3,(H,11,12,14). The van der Waals surface area contributed by atoms with Crippen LogP contribution in [0.1, 0.15) is 19.3 Å². The summed E-state index contributed by atoms with van der Waals surface area (Å²) in [7, 11) is 1.83. The number of aryl methyl sites for hydroxylation is 1. The normalized spacial score (nSPS) is 18.7. The highest BCUT2D eigenvalue weighted by atomic mass is 16.2. The Hall–Kier alpha value is -1.36. The van der Waals surface area contributed by atoms with Gasteiger partial charge in [0.15, 0.2) is 0 Å². The molecule has 1 amide bonds. The van der Waals surface area contributed by atoms with Crippen LogP contribution in [0.25, 0.3) is 0 Å². The van der Waals surface area contributed by atoms with Crippen molar-refractivity contribution in [2.24, 2.45) is 12.8 Å². The van der Waals surface area contributed by atoms with Crippen molar-refractivity contribution in [1.29, 1.82) is 0 Å². The molecule has 76 valence electrons. The minimum atomic E-state index is -0.661. The van der Waals surface area contributed by atoms with Crippen molar-refractivity contribution < 1.29 is 4.79 Å². The minimum absolute atomic E-state index is 0.127. The Labute approximate surface area is 82.3 Å². The maximum Gasteiger partial charge on any atom is 0.246 e. The Kier molecular flexibility index (Phi) is 2.03. The van der Waals surface area contributed by atoms with E-state index in [1.165, 1.54) is 0 Å². The van der Waals surface area contributed by atoms with Crippen LogP contribution in [0.15, 0.2) is 12.4 Å². The van der Waals surface area contributed by atoms with Gasteiger partial charge in [-0.05, 0) is 19.3 Å². The number of amides is 1. The van der Waals surface area contributed by atoms with Crippen molar-refractivity contribution >= 4 is 11.9 Å². The Morgan fingerprint density at radius 3 is 2.86 bits per heavy atom. The van der Waals surface area contributed by atoms with Gasteiger partial charge in [-0.3, -0.25) is 10.1 Å². The predicted octanol–water partition coefficient (Wildman–Crippen LogP) is 0.240. The largest absolute Gasteiger partial charge is 0.320 e. The van der Waals surface area contributed by atoms with E-state index in [9.17, 15) is 4.79 Å². The van der Waals surface area contributed by atoms with Crippen LogP contribution < -0.4 is 11.1 Å². The first-order valence-electron chi connectivity index (χ1n) is 4.69. The van der Waals surface area contributed by atoms with Gasteiger partial charge in [0.2, 0.25) is 11.9 Å². The third kappa shape index (κ3) is 1.39. The second kappa shape index (κ2) is 3.09. The molecular formula is C9H14N4O. The summed E-state index contributed by atoms with van der Waals surface area (Å²) in [6.45, 7) is 0. The average Bonchev–Trinajstić information content (AvgIpc) is 2.48. The maximum atomic E-state index is 11.7. The molecule has 1 aromatic heterocycles. The number of carbonyl (C=O) groups excluding carboxylic acids is 1. The number of nitrogens with one attached hydrogen (secondary N) is 1. The first kappa shape index (κ1) is 9.21. The molecule has 1 saturated carbocycles. The number of nitrogens with zero attached hydrogens (tertiary/aromatic N) is 2. The monoisotopic (exact) mass is 194 g/mol. The van der Waals surface area contributed by atoms with Crippen molar-refractivity contribution in [2.75, 3.05) is 5.32 Å². The van der Waals surface area contributed by atoms with Gasteiger partial charge in [0.1, 0.15) is 0 Å². The molecule has 0 radical (unpaired) electrons. The highest BCUT2D eigenvalue weighted by molar-refractivity contribution is 5.97. The summed E-state index contributed by atoms with van der Waals surface area (Å²) in [6, 6.07) is 0. The lowest BCUT2D eigenvalue weighted by atomic mass is 9.77. The zero-order chi connectivity index (χ0) is 10.2. The number of nitrogens with two attached hydrogens (primary N) is 1. The summed E-state index contributed by atoms with van der Waals surface area (Å²) in [5.41, 5.74) is 5.20. The van der Waals surface area contributed by atoms with E-state index in [1.54, 1.807) is 17.0 Å². The second-order valence-corrected chi connectivity index (χ2v) is 3.83. The van der Waals surface area contributed by atoms with Gasteiger partial charge >= 0.3 is 0 Å². The van der Waals surface area contributed by atoms with E-state index in [-0.39, 0.29) is 5.91 Å². The van der Waals surface area contributed by atoms with Crippen molar-refractivity contribution in [3.63, 3.8) is 0 Å². The lowest BCUT2D eigenvalue weighted by Crippen LogP contribution is -2.56. The molecule has 0 aliphatic heterocycles. The van der Waals surface area contributed by atoms with Crippen LogP contribution in [0.2, 0.25) is 0 Å². The highest BCUT2D eigenvalue weighted by Crippen LogP contribution is 2.29. The van der Waals surface area contributed by atoms with Crippen molar-refractivity contribution in [1.82, 2.24) is 9.55 Å². The summed E-state index contributed by atoms with van der Waals surface area (Å²) >= 11 is 0. The number of hydrogen-bond acceptors (Lipinski definition) is 3. The Morgan fingerprint density at radius 1 is 1.71 bits per heavy atom. The molecule has 0 saturated heterocycles. The van der Waals surface area contributed by atoms with Crippen LogP contribution in [0.3, 0.4) is 0 Å². The molecule has 0 bridgehead atoms. The molecule has 1 aromatic rings. The predicted molar refractivity (Wildman–Crippen MR) is 52.6 cm³/mol. The fourth-order valence-electron chi connectivity index (χ4n) is 1.50. The zero-order valence-electron chi connectivity index (χ0n) is 8.16. The SMILES string of the molecule is Cn1ccnc1NC(=O)C1(N)CCC1. The summed E-state index contributed by atoms with van der Waals surface area (Å²) in [5, 5.41) is 2.72. The fourth-order valence-corrected chi connectivity index (χ4v) is 1.50. The smallest absolute Gasteiger partial charge is 0.246 e. The lowest BCUT2D eigenvalue weighted by Gasteiger charge is -2.35. The van der Waals surface area contributed by atoms with Gasteiger partial charge in [-0.25, -0.2) is 4.98 Å². The van der Waals surface area contributed by atoms with Crippen LogP contribution >= 0.6 is 0 Å². The third-order valence-electron chi connectivity index (χ3n) is 2.74. The van der Waals surface area contributed by atoms with Crippen molar-refractivity contribution in [2.45, 2.75) is 24.8 Å². The number of hydrogen-bond donors (Lipinski definition) is 2. The number of rotatable bonds is 2. The van der Waals surface area contributed by atoms with E-state index >= 15 is 0 Å². The van der Waals surface area contributed by atoms with Gasteiger partial charge in [0.25, 0.3) is 0 Å². The van der Waals surface area contributed by atoms with Gasteiger partial charge in [-0.15, -0.1) is 0 Å². The summed E-state index contributed by atoms with van der Waals surface area (Å²) in [6.07, 6.45) is 5.98. The molecule has 5 heteroatoms. The van der Waals surface area contributed by atoms with Crippen LogP contribution in [0.5, 0.6) is 0 Å². The van der Waals surface area contributed by atoms with E-state index < -0.39 is 5.54 Å². The number of imidazole rings is 1. The lowest BCUT2D eigenvalue weighted by molar-refractivity contribution is -0.123. The summed E-state index contributed by atoms with van der Waals surface area (Å²) in [4.78, 5) is 15.7. The van der Waals surface area contributed by atoms with E-state index in [2.05, 4.69) is 10.3 Å². The molecule has 0 atom stereocenters. The molecule has 1 aliphatic carbocycles. The third-order valence-corrected chi connectivity index (χ3v) is 2.74. The van der Waals surface area contributed by atoms with Gasteiger partial charge in [0, 0.05) is 19.4 Å². The van der Waals surface area contributed by atoms with Crippen LogP contribution in [0.4, 0.5) is 5.95 Å². The van der Waals surface area contributed by atoms with Crippen molar-refractivity contribution in [3.8, 4) is 0 Å². The molecule has 14 heavy (non-hydrogen) atoms. The first-order valence-corrected chi connectivity index (χ1v) is 4.69. The molecule has 5 nitrogen and oxygen atoms in total. The van der Waals surface area contributed by atoms with Crippen LogP contribution in [0, 0.1) is 0 Å². The molecule has 0 aromatic carbocycles. The zero-order valence-corrected chi connectivity index (χ0v) is 8.16. The van der Waals surface area contributed by atoms with Gasteiger partial charge < -0.3 is 10.3 Å². The molecule has 1 fully saturated rings. The molecule has 1 heterocycles. The average molecular weight is 194 g/mol. The number of aromatic nitrogens is 2. The van der Waals surface area contributed by atoms with E-state index in [0.717, 1.165) is 19.3 Å². The van der Waals surface area contributed by atoms with Gasteiger partial charge in [-0.1, -0.05) is 0 Å².